The van der Waals surface area contributed by atoms with E-state index in [1.165, 1.54) is 0 Å². The Balaban J connectivity index is 3.51. The van der Waals surface area contributed by atoms with Crippen LogP contribution in [-0.2, 0) is 4.79 Å². The molecule has 0 aliphatic heterocycles. The van der Waals surface area contributed by atoms with Crippen LogP contribution in [0, 0.1) is 0 Å². The fourth-order valence-corrected chi connectivity index (χ4v) is 0.657. The molecule has 0 heterocycles. The summed E-state index contributed by atoms with van der Waals surface area (Å²) >= 11 is 0. The molecule has 1 atom stereocenters. The van der Waals surface area contributed by atoms with E-state index in [1.807, 2.05) is 6.92 Å². The van der Waals surface area contributed by atoms with Gasteiger partial charge in [0.25, 0.3) is 0 Å². The van der Waals surface area contributed by atoms with Crippen molar-refractivity contribution in [1.82, 2.24) is 0 Å². The second kappa shape index (κ2) is 5.18. The molecule has 0 saturated carbocycles. The number of carbonyl (C=O) groups excluding carboxylic acids is 1. The molecule has 0 aromatic carbocycles. The van der Waals surface area contributed by atoms with Crippen molar-refractivity contribution in [2.24, 2.45) is 5.73 Å². The molecule has 0 fully saturated rings. The van der Waals surface area contributed by atoms with Crippen LogP contribution in [0.3, 0.4) is 0 Å². The van der Waals surface area contributed by atoms with Crippen molar-refractivity contribution in [3.05, 3.63) is 12.7 Å². The molecular weight excluding hydrogens is 126 g/mol. The zero-order chi connectivity index (χ0) is 7.98. The van der Waals surface area contributed by atoms with E-state index in [2.05, 4.69) is 6.58 Å². The highest BCUT2D eigenvalue weighted by Crippen LogP contribution is 1.97. The third kappa shape index (κ3) is 3.41. The standard InChI is InChI=1S/C8H15NO/c1-3-5-6-8(10)7(9)4-2/h3,7H,1,4-6,9H2,2H3. The molecule has 2 heteroatoms. The minimum Gasteiger partial charge on any atom is -0.322 e. The second-order valence-corrected chi connectivity index (χ2v) is 2.31. The van der Waals surface area contributed by atoms with Gasteiger partial charge in [-0.05, 0) is 12.8 Å². The largest absolute Gasteiger partial charge is 0.322 e. The molecule has 0 aromatic heterocycles. The number of carbonyl (C=O) groups is 1. The van der Waals surface area contributed by atoms with E-state index in [0.717, 1.165) is 12.8 Å². The third-order valence-corrected chi connectivity index (χ3v) is 1.45. The number of allylic oxidation sites excluding steroid dienone is 1. The van der Waals surface area contributed by atoms with Crippen molar-refractivity contribution >= 4 is 5.78 Å². The van der Waals surface area contributed by atoms with E-state index >= 15 is 0 Å². The molecule has 0 saturated heterocycles. The van der Waals surface area contributed by atoms with Crippen molar-refractivity contribution in [2.45, 2.75) is 32.2 Å². The lowest BCUT2D eigenvalue weighted by molar-refractivity contribution is -0.120. The van der Waals surface area contributed by atoms with E-state index in [-0.39, 0.29) is 11.8 Å². The third-order valence-electron chi connectivity index (χ3n) is 1.45. The van der Waals surface area contributed by atoms with Crippen molar-refractivity contribution in [1.29, 1.82) is 0 Å². The van der Waals surface area contributed by atoms with Crippen molar-refractivity contribution in [2.75, 3.05) is 0 Å². The Morgan fingerprint density at radius 3 is 2.80 bits per heavy atom. The fraction of sp³-hybridized carbons (Fsp3) is 0.625. The predicted molar refractivity (Wildman–Crippen MR) is 42.7 cm³/mol. The number of hydrogen-bond donors (Lipinski definition) is 1. The summed E-state index contributed by atoms with van der Waals surface area (Å²) < 4.78 is 0. The van der Waals surface area contributed by atoms with E-state index in [0.29, 0.717) is 6.42 Å². The van der Waals surface area contributed by atoms with Crippen LogP contribution in [0.15, 0.2) is 12.7 Å². The van der Waals surface area contributed by atoms with Gasteiger partial charge in [-0.15, -0.1) is 6.58 Å². The summed E-state index contributed by atoms with van der Waals surface area (Å²) in [5, 5.41) is 0. The summed E-state index contributed by atoms with van der Waals surface area (Å²) in [6.45, 7) is 5.44. The summed E-state index contributed by atoms with van der Waals surface area (Å²) in [5.74, 6) is 0.141. The number of ketones is 1. The Labute approximate surface area is 62.1 Å². The van der Waals surface area contributed by atoms with Crippen molar-refractivity contribution < 1.29 is 4.79 Å². The maximum absolute atomic E-state index is 11.0. The first kappa shape index (κ1) is 9.37. The van der Waals surface area contributed by atoms with Gasteiger partial charge in [0.1, 0.15) is 5.78 Å². The van der Waals surface area contributed by atoms with Gasteiger partial charge in [-0.1, -0.05) is 13.0 Å². The number of nitrogens with two attached hydrogens (primary N) is 1. The summed E-state index contributed by atoms with van der Waals surface area (Å²) in [4.78, 5) is 11.0. The highest BCUT2D eigenvalue weighted by atomic mass is 16.1. The van der Waals surface area contributed by atoms with Gasteiger partial charge in [0.05, 0.1) is 6.04 Å². The Morgan fingerprint density at radius 1 is 1.80 bits per heavy atom. The Kier molecular flexibility index (Phi) is 4.85. The van der Waals surface area contributed by atoms with Crippen molar-refractivity contribution in [3.8, 4) is 0 Å². The average molecular weight is 141 g/mol. The van der Waals surface area contributed by atoms with E-state index in [9.17, 15) is 4.79 Å². The second-order valence-electron chi connectivity index (χ2n) is 2.31. The molecule has 0 rings (SSSR count). The van der Waals surface area contributed by atoms with Crippen LogP contribution in [-0.4, -0.2) is 11.8 Å². The molecule has 10 heavy (non-hydrogen) atoms. The van der Waals surface area contributed by atoms with Crippen LogP contribution < -0.4 is 5.73 Å². The summed E-state index contributed by atoms with van der Waals surface area (Å²) in [5.41, 5.74) is 5.47. The molecule has 0 spiro atoms. The minimum absolute atomic E-state index is 0.141. The molecule has 0 aliphatic rings. The lowest BCUT2D eigenvalue weighted by atomic mass is 10.1. The van der Waals surface area contributed by atoms with E-state index < -0.39 is 0 Å². The maximum Gasteiger partial charge on any atom is 0.149 e. The predicted octanol–water partition coefficient (Wildman–Crippen LogP) is 1.26. The van der Waals surface area contributed by atoms with Gasteiger partial charge in [-0.25, -0.2) is 0 Å². The Bertz CT molecular complexity index is 120. The lowest BCUT2D eigenvalue weighted by Gasteiger charge is -2.04. The molecule has 1 unspecified atom stereocenters. The first-order valence-electron chi connectivity index (χ1n) is 3.61. The van der Waals surface area contributed by atoms with Gasteiger partial charge >= 0.3 is 0 Å². The van der Waals surface area contributed by atoms with Gasteiger partial charge in [0.2, 0.25) is 0 Å². The van der Waals surface area contributed by atoms with Crippen LogP contribution in [0.5, 0.6) is 0 Å². The van der Waals surface area contributed by atoms with Gasteiger partial charge in [0, 0.05) is 6.42 Å². The fourth-order valence-electron chi connectivity index (χ4n) is 0.657. The quantitative estimate of drug-likeness (QED) is 0.586. The zero-order valence-corrected chi connectivity index (χ0v) is 6.47. The maximum atomic E-state index is 11.0. The first-order chi connectivity index (χ1) is 4.72. The molecule has 58 valence electrons. The molecule has 0 radical (unpaired) electrons. The Morgan fingerprint density at radius 2 is 2.40 bits per heavy atom. The highest BCUT2D eigenvalue weighted by molar-refractivity contribution is 5.83. The molecule has 0 aliphatic carbocycles. The zero-order valence-electron chi connectivity index (χ0n) is 6.47. The van der Waals surface area contributed by atoms with Crippen LogP contribution in [0.25, 0.3) is 0 Å². The first-order valence-corrected chi connectivity index (χ1v) is 3.61. The topological polar surface area (TPSA) is 43.1 Å². The molecule has 2 N–H and O–H groups in total. The van der Waals surface area contributed by atoms with Crippen LogP contribution in [0.1, 0.15) is 26.2 Å². The summed E-state index contributed by atoms with van der Waals surface area (Å²) in [6, 6.07) is -0.264. The molecule has 2 nitrogen and oxygen atoms in total. The summed E-state index contributed by atoms with van der Waals surface area (Å²) in [6.07, 6.45) is 3.75. The van der Waals surface area contributed by atoms with Gasteiger partial charge in [-0.2, -0.15) is 0 Å². The van der Waals surface area contributed by atoms with Gasteiger partial charge < -0.3 is 5.73 Å². The number of hydrogen-bond acceptors (Lipinski definition) is 2. The monoisotopic (exact) mass is 141 g/mol. The lowest BCUT2D eigenvalue weighted by Crippen LogP contribution is -2.29. The minimum atomic E-state index is -0.264. The number of Topliss-reactive ketones (excluding diaryl/α,β-unsaturated/α-hetero) is 1. The summed E-state index contributed by atoms with van der Waals surface area (Å²) in [7, 11) is 0. The average Bonchev–Trinajstić information content (AvgIpc) is 1.98. The highest BCUT2D eigenvalue weighted by Gasteiger charge is 2.08. The van der Waals surface area contributed by atoms with Crippen LogP contribution >= 0.6 is 0 Å². The Hall–Kier alpha value is -0.630. The molecule has 0 amide bonds. The van der Waals surface area contributed by atoms with Crippen LogP contribution in [0.2, 0.25) is 0 Å². The van der Waals surface area contributed by atoms with Crippen LogP contribution in [0.4, 0.5) is 0 Å². The van der Waals surface area contributed by atoms with E-state index in [1.54, 1.807) is 6.08 Å². The molecular formula is C8H15NO. The molecule has 0 aromatic rings. The van der Waals surface area contributed by atoms with Crippen molar-refractivity contribution in [3.63, 3.8) is 0 Å². The van der Waals surface area contributed by atoms with Gasteiger partial charge in [-0.3, -0.25) is 4.79 Å². The van der Waals surface area contributed by atoms with E-state index in [4.69, 9.17) is 5.73 Å². The molecule has 0 bridgehead atoms. The smallest absolute Gasteiger partial charge is 0.149 e. The van der Waals surface area contributed by atoms with Gasteiger partial charge in [0.15, 0.2) is 0 Å². The normalized spacial score (nSPS) is 12.6. The SMILES string of the molecule is C=CCCC(=O)C(N)CC. The number of rotatable bonds is 5.